The maximum Gasteiger partial charge on any atom is 0.0253 e. The lowest BCUT2D eigenvalue weighted by Crippen LogP contribution is -2.65. The Balaban J connectivity index is 2.13. The highest BCUT2D eigenvalue weighted by Gasteiger charge is 2.49. The summed E-state index contributed by atoms with van der Waals surface area (Å²) < 4.78 is 0. The minimum Gasteiger partial charge on any atom is -0.309 e. The molecule has 0 bridgehead atoms. The molecule has 1 atom stereocenters. The van der Waals surface area contributed by atoms with Crippen LogP contribution in [0.1, 0.15) is 47.5 Å². The van der Waals surface area contributed by atoms with Crippen LogP contribution in [-0.2, 0) is 0 Å². The SMILES string of the molecule is CC(C)C1CNC(C)(C)CN1C1(C)CC1. The van der Waals surface area contributed by atoms with Crippen molar-refractivity contribution in [1.82, 2.24) is 10.2 Å². The van der Waals surface area contributed by atoms with Crippen LogP contribution < -0.4 is 5.32 Å². The van der Waals surface area contributed by atoms with Gasteiger partial charge < -0.3 is 5.32 Å². The van der Waals surface area contributed by atoms with Gasteiger partial charge in [-0.05, 0) is 39.5 Å². The Hall–Kier alpha value is -0.0800. The molecule has 1 saturated heterocycles. The molecule has 15 heavy (non-hydrogen) atoms. The first-order valence-electron chi connectivity index (χ1n) is 6.36. The fraction of sp³-hybridized carbons (Fsp3) is 1.00. The van der Waals surface area contributed by atoms with Crippen molar-refractivity contribution >= 4 is 0 Å². The van der Waals surface area contributed by atoms with Crippen LogP contribution in [0.25, 0.3) is 0 Å². The van der Waals surface area contributed by atoms with E-state index in [2.05, 4.69) is 44.8 Å². The van der Waals surface area contributed by atoms with Crippen LogP contribution >= 0.6 is 0 Å². The molecule has 1 unspecified atom stereocenters. The monoisotopic (exact) mass is 210 g/mol. The van der Waals surface area contributed by atoms with Gasteiger partial charge in [0.05, 0.1) is 0 Å². The molecule has 2 aliphatic rings. The van der Waals surface area contributed by atoms with Gasteiger partial charge in [0.25, 0.3) is 0 Å². The van der Waals surface area contributed by atoms with E-state index in [0.717, 1.165) is 18.5 Å². The van der Waals surface area contributed by atoms with Gasteiger partial charge in [0.1, 0.15) is 0 Å². The lowest BCUT2D eigenvalue weighted by Gasteiger charge is -2.49. The molecule has 2 fully saturated rings. The summed E-state index contributed by atoms with van der Waals surface area (Å²) in [6.07, 6.45) is 2.79. The van der Waals surface area contributed by atoms with E-state index in [1.807, 2.05) is 0 Å². The lowest BCUT2D eigenvalue weighted by atomic mass is 9.91. The summed E-state index contributed by atoms with van der Waals surface area (Å²) in [6, 6.07) is 0.727. The van der Waals surface area contributed by atoms with Crippen LogP contribution in [0, 0.1) is 5.92 Å². The van der Waals surface area contributed by atoms with E-state index in [4.69, 9.17) is 0 Å². The Morgan fingerprint density at radius 2 is 1.80 bits per heavy atom. The van der Waals surface area contributed by atoms with E-state index < -0.39 is 0 Å². The van der Waals surface area contributed by atoms with Gasteiger partial charge in [-0.15, -0.1) is 0 Å². The second kappa shape index (κ2) is 3.46. The minimum atomic E-state index is 0.289. The summed E-state index contributed by atoms with van der Waals surface area (Å²) in [5.41, 5.74) is 0.811. The highest BCUT2D eigenvalue weighted by molar-refractivity contribution is 5.07. The molecule has 1 aliphatic carbocycles. The van der Waals surface area contributed by atoms with E-state index in [1.165, 1.54) is 19.4 Å². The Labute approximate surface area is 94.4 Å². The van der Waals surface area contributed by atoms with Crippen molar-refractivity contribution in [2.45, 2.75) is 64.6 Å². The molecule has 0 aromatic rings. The topological polar surface area (TPSA) is 15.3 Å². The third-order valence-electron chi connectivity index (χ3n) is 4.19. The number of nitrogens with one attached hydrogen (secondary N) is 1. The van der Waals surface area contributed by atoms with Crippen LogP contribution in [0.4, 0.5) is 0 Å². The third kappa shape index (κ3) is 2.21. The van der Waals surface area contributed by atoms with E-state index in [1.54, 1.807) is 0 Å². The molecule has 2 heteroatoms. The third-order valence-corrected chi connectivity index (χ3v) is 4.19. The van der Waals surface area contributed by atoms with Crippen molar-refractivity contribution < 1.29 is 0 Å². The molecule has 2 nitrogen and oxygen atoms in total. The molecule has 2 rings (SSSR count). The zero-order valence-corrected chi connectivity index (χ0v) is 10.9. The van der Waals surface area contributed by atoms with Crippen molar-refractivity contribution in [1.29, 1.82) is 0 Å². The number of hydrogen-bond donors (Lipinski definition) is 1. The molecule has 1 aliphatic heterocycles. The Bertz CT molecular complexity index is 241. The highest BCUT2D eigenvalue weighted by atomic mass is 15.3. The smallest absolute Gasteiger partial charge is 0.0253 e. The summed E-state index contributed by atoms with van der Waals surface area (Å²) in [5, 5.41) is 3.68. The first-order valence-corrected chi connectivity index (χ1v) is 6.36. The molecule has 0 spiro atoms. The van der Waals surface area contributed by atoms with Gasteiger partial charge in [0.2, 0.25) is 0 Å². The average Bonchev–Trinajstić information content (AvgIpc) is 2.83. The summed E-state index contributed by atoms with van der Waals surface area (Å²) in [4.78, 5) is 2.77. The predicted octanol–water partition coefficient (Wildman–Crippen LogP) is 2.25. The normalized spacial score (nSPS) is 34.4. The Morgan fingerprint density at radius 3 is 2.27 bits per heavy atom. The van der Waals surface area contributed by atoms with Gasteiger partial charge >= 0.3 is 0 Å². The lowest BCUT2D eigenvalue weighted by molar-refractivity contribution is 0.0271. The zero-order chi connectivity index (χ0) is 11.3. The van der Waals surface area contributed by atoms with Crippen molar-refractivity contribution in [2.24, 2.45) is 5.92 Å². The second-order valence-electron chi connectivity index (χ2n) is 6.70. The maximum atomic E-state index is 3.68. The first kappa shape index (κ1) is 11.4. The molecule has 1 saturated carbocycles. The number of hydrogen-bond acceptors (Lipinski definition) is 2. The molecule has 0 aromatic carbocycles. The second-order valence-corrected chi connectivity index (χ2v) is 6.70. The molecule has 1 heterocycles. The predicted molar refractivity (Wildman–Crippen MR) is 65.1 cm³/mol. The summed E-state index contributed by atoms with van der Waals surface area (Å²) in [5.74, 6) is 0.756. The minimum absolute atomic E-state index is 0.289. The maximum absolute atomic E-state index is 3.68. The molecule has 1 N–H and O–H groups in total. The molecular formula is C13H26N2. The molecule has 88 valence electrons. The van der Waals surface area contributed by atoms with Gasteiger partial charge in [-0.3, -0.25) is 4.90 Å². The fourth-order valence-electron chi connectivity index (χ4n) is 2.74. The summed E-state index contributed by atoms with van der Waals surface area (Å²) in [7, 11) is 0. The summed E-state index contributed by atoms with van der Waals surface area (Å²) >= 11 is 0. The van der Waals surface area contributed by atoms with E-state index in [9.17, 15) is 0 Å². The molecule has 0 aromatic heterocycles. The van der Waals surface area contributed by atoms with Gasteiger partial charge in [-0.2, -0.15) is 0 Å². The van der Waals surface area contributed by atoms with Crippen molar-refractivity contribution in [2.75, 3.05) is 13.1 Å². The number of nitrogens with zero attached hydrogens (tertiary/aromatic N) is 1. The zero-order valence-electron chi connectivity index (χ0n) is 10.9. The van der Waals surface area contributed by atoms with Crippen molar-refractivity contribution in [3.05, 3.63) is 0 Å². The quantitative estimate of drug-likeness (QED) is 0.752. The van der Waals surface area contributed by atoms with Crippen molar-refractivity contribution in [3.8, 4) is 0 Å². The van der Waals surface area contributed by atoms with E-state index >= 15 is 0 Å². The summed E-state index contributed by atoms with van der Waals surface area (Å²) in [6.45, 7) is 14.1. The highest BCUT2D eigenvalue weighted by Crippen LogP contribution is 2.44. The molecule has 0 amide bonds. The standard InChI is InChI=1S/C13H26N2/c1-10(2)11-8-14-12(3,4)9-15(11)13(5)6-7-13/h10-11,14H,6-9H2,1-5H3. The average molecular weight is 210 g/mol. The van der Waals surface area contributed by atoms with Gasteiger partial charge in [0.15, 0.2) is 0 Å². The van der Waals surface area contributed by atoms with Crippen molar-refractivity contribution in [3.63, 3.8) is 0 Å². The van der Waals surface area contributed by atoms with Crippen LogP contribution in [-0.4, -0.2) is 35.1 Å². The molecule has 0 radical (unpaired) electrons. The first-order chi connectivity index (χ1) is 6.84. The Morgan fingerprint density at radius 1 is 1.20 bits per heavy atom. The Kier molecular flexibility index (Phi) is 2.63. The van der Waals surface area contributed by atoms with Crippen LogP contribution in [0.3, 0.4) is 0 Å². The number of piperazine rings is 1. The largest absolute Gasteiger partial charge is 0.309 e. The van der Waals surface area contributed by atoms with Gasteiger partial charge in [0, 0.05) is 30.2 Å². The van der Waals surface area contributed by atoms with E-state index in [0.29, 0.717) is 5.54 Å². The van der Waals surface area contributed by atoms with Gasteiger partial charge in [-0.25, -0.2) is 0 Å². The molecular weight excluding hydrogens is 184 g/mol. The van der Waals surface area contributed by atoms with E-state index in [-0.39, 0.29) is 5.54 Å². The number of rotatable bonds is 2. The van der Waals surface area contributed by atoms with Gasteiger partial charge in [-0.1, -0.05) is 13.8 Å². The van der Waals surface area contributed by atoms with Crippen LogP contribution in [0.5, 0.6) is 0 Å². The fourth-order valence-corrected chi connectivity index (χ4v) is 2.74. The van der Waals surface area contributed by atoms with Crippen LogP contribution in [0.2, 0.25) is 0 Å². The van der Waals surface area contributed by atoms with Crippen LogP contribution in [0.15, 0.2) is 0 Å².